The lowest BCUT2D eigenvalue weighted by Gasteiger charge is -2.20. The van der Waals surface area contributed by atoms with Crippen molar-refractivity contribution < 1.29 is 26.7 Å². The summed E-state index contributed by atoms with van der Waals surface area (Å²) in [5.74, 6) is -11.0. The van der Waals surface area contributed by atoms with Crippen molar-refractivity contribution in [2.75, 3.05) is 19.4 Å². The molecule has 0 bridgehead atoms. The maximum absolute atomic E-state index is 13.3. The van der Waals surface area contributed by atoms with E-state index in [4.69, 9.17) is 0 Å². The van der Waals surface area contributed by atoms with Crippen LogP contribution in [0.2, 0.25) is 0 Å². The number of carbonyl (C=O) groups is 1. The van der Waals surface area contributed by atoms with Crippen molar-refractivity contribution in [3.8, 4) is 0 Å². The average Bonchev–Trinajstić information content (AvgIpc) is 2.37. The van der Waals surface area contributed by atoms with Gasteiger partial charge in [0.15, 0.2) is 23.3 Å². The van der Waals surface area contributed by atoms with Gasteiger partial charge in [-0.05, 0) is 6.92 Å². The zero-order valence-corrected chi connectivity index (χ0v) is 10.3. The van der Waals surface area contributed by atoms with Crippen LogP contribution in [0.15, 0.2) is 0 Å². The molecule has 1 aromatic carbocycles. The Balaban J connectivity index is 3.19. The highest BCUT2D eigenvalue weighted by Crippen LogP contribution is 2.27. The minimum atomic E-state index is -2.24. The Morgan fingerprint density at radius 2 is 1.32 bits per heavy atom. The molecule has 0 aliphatic rings. The molecule has 1 amide bonds. The third kappa shape index (κ3) is 2.77. The molecule has 106 valence electrons. The Morgan fingerprint density at radius 3 is 1.68 bits per heavy atom. The van der Waals surface area contributed by atoms with Crippen LogP contribution in [-0.4, -0.2) is 30.9 Å². The fraction of sp³-hybridized carbons (Fsp3) is 0.364. The van der Waals surface area contributed by atoms with Crippen molar-refractivity contribution in [1.82, 2.24) is 4.90 Å². The van der Waals surface area contributed by atoms with E-state index in [1.807, 2.05) is 5.32 Å². The van der Waals surface area contributed by atoms with Gasteiger partial charge in [0, 0.05) is 14.1 Å². The van der Waals surface area contributed by atoms with E-state index in [0.717, 1.165) is 4.90 Å². The number of carbonyl (C=O) groups excluding carboxylic acids is 1. The average molecular weight is 282 g/mol. The molecule has 0 heterocycles. The van der Waals surface area contributed by atoms with Crippen LogP contribution in [0.5, 0.6) is 0 Å². The molecule has 1 N–H and O–H groups in total. The quantitative estimate of drug-likeness (QED) is 0.524. The number of benzene rings is 1. The van der Waals surface area contributed by atoms with Gasteiger partial charge in [0.2, 0.25) is 11.7 Å². The SMILES string of the molecule is CC(Nc1c(F)c(F)c(F)c(F)c1F)C(=O)N(C)C. The van der Waals surface area contributed by atoms with Crippen LogP contribution in [0, 0.1) is 29.1 Å². The van der Waals surface area contributed by atoms with Gasteiger partial charge in [-0.1, -0.05) is 0 Å². The number of hydrogen-bond donors (Lipinski definition) is 1. The molecule has 3 nitrogen and oxygen atoms in total. The molecule has 0 aliphatic carbocycles. The van der Waals surface area contributed by atoms with Crippen molar-refractivity contribution in [3.05, 3.63) is 29.1 Å². The third-order valence-electron chi connectivity index (χ3n) is 2.38. The Labute approximate surface area is 106 Å². The maximum Gasteiger partial charge on any atom is 0.244 e. The zero-order chi connectivity index (χ0) is 14.9. The van der Waals surface area contributed by atoms with Crippen LogP contribution < -0.4 is 5.32 Å². The molecule has 1 unspecified atom stereocenters. The van der Waals surface area contributed by atoms with Gasteiger partial charge in [-0.25, -0.2) is 22.0 Å². The summed E-state index contributed by atoms with van der Waals surface area (Å²) < 4.78 is 65.3. The molecule has 1 aromatic rings. The minimum absolute atomic E-state index is 0.580. The first-order valence-corrected chi connectivity index (χ1v) is 5.17. The molecule has 0 aliphatic heterocycles. The standard InChI is InChI=1S/C11H11F5N2O/c1-4(11(19)18(2)3)17-10-8(15)6(13)5(12)7(14)9(10)16/h4,17H,1-3H3. The number of likely N-dealkylation sites (N-methyl/N-ethyl adjacent to an activating group) is 1. The first kappa shape index (κ1) is 15.2. The van der Waals surface area contributed by atoms with Crippen LogP contribution in [0.25, 0.3) is 0 Å². The molecule has 0 saturated heterocycles. The van der Waals surface area contributed by atoms with Gasteiger partial charge in [0.1, 0.15) is 11.7 Å². The Kier molecular flexibility index (Phi) is 4.33. The number of hydrogen-bond acceptors (Lipinski definition) is 2. The van der Waals surface area contributed by atoms with Gasteiger partial charge in [-0.15, -0.1) is 0 Å². The summed E-state index contributed by atoms with van der Waals surface area (Å²) in [5, 5.41) is 1.98. The molecule has 1 atom stereocenters. The summed E-state index contributed by atoms with van der Waals surface area (Å²) in [6.45, 7) is 1.24. The normalized spacial score (nSPS) is 12.2. The van der Waals surface area contributed by atoms with E-state index in [0.29, 0.717) is 0 Å². The van der Waals surface area contributed by atoms with E-state index >= 15 is 0 Å². The van der Waals surface area contributed by atoms with E-state index in [1.54, 1.807) is 0 Å². The number of halogens is 5. The lowest BCUT2D eigenvalue weighted by atomic mass is 10.2. The predicted octanol–water partition coefficient (Wildman–Crippen LogP) is 2.27. The second-order valence-corrected chi connectivity index (χ2v) is 4.04. The fourth-order valence-corrected chi connectivity index (χ4v) is 1.40. The summed E-state index contributed by atoms with van der Waals surface area (Å²) >= 11 is 0. The first-order chi connectivity index (χ1) is 8.68. The first-order valence-electron chi connectivity index (χ1n) is 5.17. The van der Waals surface area contributed by atoms with Crippen LogP contribution in [0.1, 0.15) is 6.92 Å². The van der Waals surface area contributed by atoms with Gasteiger partial charge in [-0.3, -0.25) is 4.79 Å². The lowest BCUT2D eigenvalue weighted by molar-refractivity contribution is -0.129. The Hall–Kier alpha value is -1.86. The molecule has 0 radical (unpaired) electrons. The lowest BCUT2D eigenvalue weighted by Crippen LogP contribution is -2.37. The minimum Gasteiger partial charge on any atom is -0.369 e. The van der Waals surface area contributed by atoms with Crippen LogP contribution in [-0.2, 0) is 4.79 Å². The molecule has 0 saturated carbocycles. The van der Waals surface area contributed by atoms with E-state index in [1.165, 1.54) is 21.0 Å². The topological polar surface area (TPSA) is 32.3 Å². The molecular weight excluding hydrogens is 271 g/mol. The molecule has 0 spiro atoms. The summed E-state index contributed by atoms with van der Waals surface area (Å²) in [4.78, 5) is 12.6. The smallest absolute Gasteiger partial charge is 0.244 e. The van der Waals surface area contributed by atoms with Gasteiger partial charge < -0.3 is 10.2 Å². The van der Waals surface area contributed by atoms with E-state index in [-0.39, 0.29) is 0 Å². The maximum atomic E-state index is 13.3. The molecule has 19 heavy (non-hydrogen) atoms. The van der Waals surface area contributed by atoms with Crippen molar-refractivity contribution in [3.63, 3.8) is 0 Å². The van der Waals surface area contributed by atoms with Gasteiger partial charge in [0.05, 0.1) is 0 Å². The van der Waals surface area contributed by atoms with Gasteiger partial charge in [0.25, 0.3) is 0 Å². The predicted molar refractivity (Wildman–Crippen MR) is 58.0 cm³/mol. The van der Waals surface area contributed by atoms with Crippen LogP contribution in [0.4, 0.5) is 27.6 Å². The highest BCUT2D eigenvalue weighted by atomic mass is 19.2. The van der Waals surface area contributed by atoms with Gasteiger partial charge in [-0.2, -0.15) is 0 Å². The molecule has 0 fully saturated rings. The number of nitrogens with one attached hydrogen (secondary N) is 1. The van der Waals surface area contributed by atoms with Crippen molar-refractivity contribution in [2.45, 2.75) is 13.0 Å². The zero-order valence-electron chi connectivity index (χ0n) is 10.3. The number of amides is 1. The number of anilines is 1. The van der Waals surface area contributed by atoms with E-state index in [2.05, 4.69) is 0 Å². The fourth-order valence-electron chi connectivity index (χ4n) is 1.40. The summed E-state index contributed by atoms with van der Waals surface area (Å²) in [6.07, 6.45) is 0. The highest BCUT2D eigenvalue weighted by Gasteiger charge is 2.27. The van der Waals surface area contributed by atoms with E-state index in [9.17, 15) is 26.7 Å². The summed E-state index contributed by atoms with van der Waals surface area (Å²) in [7, 11) is 2.78. The highest BCUT2D eigenvalue weighted by molar-refractivity contribution is 5.83. The van der Waals surface area contributed by atoms with Crippen LogP contribution >= 0.6 is 0 Å². The molecular formula is C11H11F5N2O. The second kappa shape index (κ2) is 5.41. The monoisotopic (exact) mass is 282 g/mol. The Morgan fingerprint density at radius 1 is 0.947 bits per heavy atom. The molecule has 1 rings (SSSR count). The second-order valence-electron chi connectivity index (χ2n) is 4.04. The van der Waals surface area contributed by atoms with E-state index < -0.39 is 46.7 Å². The number of rotatable bonds is 3. The van der Waals surface area contributed by atoms with Crippen LogP contribution in [0.3, 0.4) is 0 Å². The molecule has 8 heteroatoms. The summed E-state index contributed by atoms with van der Waals surface area (Å²) in [6, 6.07) is -1.15. The summed E-state index contributed by atoms with van der Waals surface area (Å²) in [5.41, 5.74) is -1.22. The number of nitrogens with zero attached hydrogens (tertiary/aromatic N) is 1. The largest absolute Gasteiger partial charge is 0.369 e. The van der Waals surface area contributed by atoms with Crippen molar-refractivity contribution in [2.24, 2.45) is 0 Å². The van der Waals surface area contributed by atoms with Gasteiger partial charge >= 0.3 is 0 Å². The third-order valence-corrected chi connectivity index (χ3v) is 2.38. The van der Waals surface area contributed by atoms with Crippen molar-refractivity contribution in [1.29, 1.82) is 0 Å². The molecule has 0 aromatic heterocycles. The Bertz CT molecular complexity index is 489. The van der Waals surface area contributed by atoms with Crippen molar-refractivity contribution >= 4 is 11.6 Å².